The van der Waals surface area contributed by atoms with Gasteiger partial charge in [0, 0.05) is 6.92 Å². The second-order valence-electron chi connectivity index (χ2n) is 6.97. The predicted octanol–water partition coefficient (Wildman–Crippen LogP) is -0.705. The smallest absolute Gasteiger partial charge is 0.459 e. The van der Waals surface area contributed by atoms with Gasteiger partial charge in [-0.05, 0) is 31.2 Å². The molecule has 1 aromatic rings. The zero-order chi connectivity index (χ0) is 24.6. The van der Waals surface area contributed by atoms with Gasteiger partial charge < -0.3 is 39.4 Å². The van der Waals surface area contributed by atoms with Crippen molar-refractivity contribution in [3.63, 3.8) is 0 Å². The number of aliphatic hydroxyl groups is 3. The number of carbonyl (C=O) groups is 2. The number of carbonyl (C=O) groups excluding carboxylic acids is 2. The summed E-state index contributed by atoms with van der Waals surface area (Å²) in [6, 6.07) is 4.73. The Labute approximate surface area is 190 Å². The van der Waals surface area contributed by atoms with Crippen LogP contribution < -0.4 is 19.7 Å². The van der Waals surface area contributed by atoms with Gasteiger partial charge in [0.1, 0.15) is 42.4 Å². The molecule has 0 spiro atoms. The zero-order valence-electron chi connectivity index (χ0n) is 18.4. The molecule has 2 rings (SSSR count). The summed E-state index contributed by atoms with van der Waals surface area (Å²) < 4.78 is 39.1. The van der Waals surface area contributed by atoms with Crippen LogP contribution >= 0.6 is 7.75 Å². The molecule has 33 heavy (non-hydrogen) atoms. The van der Waals surface area contributed by atoms with Crippen LogP contribution in [0.3, 0.4) is 0 Å². The number of benzene rings is 1. The van der Waals surface area contributed by atoms with Gasteiger partial charge in [-0.25, -0.2) is 9.65 Å². The highest BCUT2D eigenvalue weighted by Gasteiger charge is 2.45. The third-order valence-corrected chi connectivity index (χ3v) is 5.99. The molecule has 186 valence electrons. The summed E-state index contributed by atoms with van der Waals surface area (Å²) in [5.41, 5.74) is 0. The Kier molecular flexibility index (Phi) is 10.0. The number of ether oxygens (including phenoxy) is 3. The number of aliphatic hydroxyl groups excluding tert-OH is 3. The van der Waals surface area contributed by atoms with Crippen LogP contribution in [-0.2, 0) is 28.2 Å². The number of methoxy groups -OCH3 is 1. The Morgan fingerprint density at radius 2 is 1.76 bits per heavy atom. The molecule has 1 unspecified atom stereocenters. The molecule has 6 atom stereocenters. The molecular weight excluding hydrogens is 463 g/mol. The van der Waals surface area contributed by atoms with Crippen molar-refractivity contribution in [3.8, 4) is 11.5 Å². The van der Waals surface area contributed by atoms with Crippen molar-refractivity contribution in [1.29, 1.82) is 0 Å². The van der Waals surface area contributed by atoms with E-state index < -0.39 is 63.4 Å². The lowest BCUT2D eigenvalue weighted by Gasteiger charge is -2.40. The maximum absolute atomic E-state index is 13.3. The summed E-state index contributed by atoms with van der Waals surface area (Å²) in [6.45, 7) is 1.77. The second kappa shape index (κ2) is 12.3. The van der Waals surface area contributed by atoms with E-state index in [9.17, 15) is 29.5 Å². The summed E-state index contributed by atoms with van der Waals surface area (Å²) in [4.78, 5) is 22.9. The Hall–Kier alpha value is -2.25. The van der Waals surface area contributed by atoms with Crippen molar-refractivity contribution < 1.29 is 52.7 Å². The van der Waals surface area contributed by atoms with Gasteiger partial charge in [-0.3, -0.25) is 14.1 Å². The largest absolute Gasteiger partial charge is 0.497 e. The summed E-state index contributed by atoms with van der Waals surface area (Å²) in [7, 11) is -2.76. The number of hydrogen-bond donors (Lipinski definition) is 5. The fourth-order valence-electron chi connectivity index (χ4n) is 2.90. The Morgan fingerprint density at radius 1 is 1.12 bits per heavy atom. The third-order valence-electron chi connectivity index (χ3n) is 4.51. The van der Waals surface area contributed by atoms with E-state index in [1.54, 1.807) is 19.1 Å². The van der Waals surface area contributed by atoms with Gasteiger partial charge in [-0.2, -0.15) is 0 Å². The number of esters is 1. The summed E-state index contributed by atoms with van der Waals surface area (Å²) in [5.74, 6) is -0.624. The lowest BCUT2D eigenvalue weighted by Crippen LogP contribution is -2.64. The fraction of sp³-hybridized carbons (Fsp3) is 0.579. The van der Waals surface area contributed by atoms with Crippen LogP contribution in [0, 0.1) is 0 Å². The third kappa shape index (κ3) is 7.93. The maximum Gasteiger partial charge on any atom is 0.459 e. The first kappa shape index (κ1) is 27.0. The van der Waals surface area contributed by atoms with Crippen molar-refractivity contribution in [1.82, 2.24) is 10.4 Å². The SMILES string of the molecule is CCOC(=O)CNP(=O)(OC[C@H]1O[C@H](O)[C@H](NC(C)=O)[C@@H](O)[C@@H]1O)Oc1ccc(OC)cc1. The molecule has 1 fully saturated rings. The zero-order valence-corrected chi connectivity index (χ0v) is 19.3. The van der Waals surface area contributed by atoms with Crippen LogP contribution in [-0.4, -0.2) is 84.7 Å². The van der Waals surface area contributed by atoms with E-state index in [-0.39, 0.29) is 12.4 Å². The molecule has 0 aromatic heterocycles. The minimum atomic E-state index is -4.23. The topological polar surface area (TPSA) is 182 Å². The van der Waals surface area contributed by atoms with Crippen LogP contribution in [0.1, 0.15) is 13.8 Å². The first-order valence-electron chi connectivity index (χ1n) is 10.0. The molecule has 1 aliphatic heterocycles. The van der Waals surface area contributed by atoms with Crippen molar-refractivity contribution in [3.05, 3.63) is 24.3 Å². The number of hydrogen-bond acceptors (Lipinski definition) is 11. The monoisotopic (exact) mass is 492 g/mol. The van der Waals surface area contributed by atoms with Crippen LogP contribution in [0.4, 0.5) is 0 Å². The average molecular weight is 492 g/mol. The molecular formula is C19H29N2O11P. The van der Waals surface area contributed by atoms with E-state index in [4.69, 9.17) is 23.3 Å². The normalized spacial score (nSPS) is 26.7. The molecule has 1 saturated heterocycles. The van der Waals surface area contributed by atoms with E-state index in [0.29, 0.717) is 5.75 Å². The van der Waals surface area contributed by atoms with Crippen LogP contribution in [0.5, 0.6) is 11.5 Å². The Balaban J connectivity index is 2.10. The van der Waals surface area contributed by atoms with E-state index in [1.165, 1.54) is 26.2 Å². The van der Waals surface area contributed by atoms with Crippen molar-refractivity contribution >= 4 is 19.6 Å². The highest BCUT2D eigenvalue weighted by molar-refractivity contribution is 7.52. The molecule has 13 nitrogen and oxygen atoms in total. The van der Waals surface area contributed by atoms with Gasteiger partial charge in [0.15, 0.2) is 6.29 Å². The minimum Gasteiger partial charge on any atom is -0.497 e. The average Bonchev–Trinajstić information content (AvgIpc) is 2.77. The number of nitrogens with one attached hydrogen (secondary N) is 2. The molecule has 0 saturated carbocycles. The molecule has 0 bridgehead atoms. The van der Waals surface area contributed by atoms with Crippen molar-refractivity contribution in [2.75, 3.05) is 26.9 Å². The van der Waals surface area contributed by atoms with Crippen molar-refractivity contribution in [2.45, 2.75) is 44.5 Å². The van der Waals surface area contributed by atoms with Crippen LogP contribution in [0.2, 0.25) is 0 Å². The molecule has 0 radical (unpaired) electrons. The standard InChI is InChI=1S/C19H29N2O11P/c1-4-29-15(23)9-20-33(27,32-13-7-5-12(28-3)6-8-13)30-10-14-17(24)18(25)16(19(26)31-14)21-11(2)22/h5-8,14,16-19,24-26H,4,9-10H2,1-3H3,(H,20,27)(H,21,22)/t14-,16-,17-,18-,19+,33?/m1/s1. The van der Waals surface area contributed by atoms with E-state index in [2.05, 4.69) is 10.4 Å². The molecule has 1 aromatic carbocycles. The van der Waals surface area contributed by atoms with E-state index in [1.807, 2.05) is 0 Å². The van der Waals surface area contributed by atoms with E-state index in [0.717, 1.165) is 0 Å². The molecule has 1 heterocycles. The van der Waals surface area contributed by atoms with E-state index >= 15 is 0 Å². The predicted molar refractivity (Wildman–Crippen MR) is 112 cm³/mol. The summed E-state index contributed by atoms with van der Waals surface area (Å²) in [6.07, 6.45) is -6.21. The highest BCUT2D eigenvalue weighted by atomic mass is 31.2. The van der Waals surface area contributed by atoms with Gasteiger partial charge in [0.2, 0.25) is 5.91 Å². The second-order valence-corrected chi connectivity index (χ2v) is 8.72. The van der Waals surface area contributed by atoms with Gasteiger partial charge in [-0.15, -0.1) is 0 Å². The number of rotatable bonds is 11. The van der Waals surface area contributed by atoms with Crippen LogP contribution in [0.25, 0.3) is 0 Å². The molecule has 1 aliphatic rings. The quantitative estimate of drug-likeness (QED) is 0.194. The Bertz CT molecular complexity index is 838. The first-order chi connectivity index (χ1) is 15.6. The van der Waals surface area contributed by atoms with Crippen molar-refractivity contribution in [2.24, 2.45) is 0 Å². The van der Waals surface area contributed by atoms with Crippen LogP contribution in [0.15, 0.2) is 24.3 Å². The highest BCUT2D eigenvalue weighted by Crippen LogP contribution is 2.45. The van der Waals surface area contributed by atoms with Gasteiger partial charge in [-0.1, -0.05) is 0 Å². The van der Waals surface area contributed by atoms with Gasteiger partial charge in [0.05, 0.1) is 20.3 Å². The summed E-state index contributed by atoms with van der Waals surface area (Å²) in [5, 5.41) is 35.2. The maximum atomic E-state index is 13.3. The first-order valence-corrected chi connectivity index (χ1v) is 11.6. The molecule has 1 amide bonds. The summed E-state index contributed by atoms with van der Waals surface area (Å²) >= 11 is 0. The molecule has 5 N–H and O–H groups in total. The fourth-order valence-corrected chi connectivity index (χ4v) is 4.17. The Morgan fingerprint density at radius 3 is 2.33 bits per heavy atom. The lowest BCUT2D eigenvalue weighted by atomic mass is 9.97. The lowest BCUT2D eigenvalue weighted by molar-refractivity contribution is -0.252. The van der Waals surface area contributed by atoms with Gasteiger partial charge >= 0.3 is 13.7 Å². The number of amides is 1. The van der Waals surface area contributed by atoms with Gasteiger partial charge in [0.25, 0.3) is 0 Å². The minimum absolute atomic E-state index is 0.109. The molecule has 14 heteroatoms. The molecule has 0 aliphatic carbocycles.